The molecule has 0 spiro atoms. The summed E-state index contributed by atoms with van der Waals surface area (Å²) >= 11 is 0. The molecule has 24 heavy (non-hydrogen) atoms. The van der Waals surface area contributed by atoms with E-state index in [-0.39, 0.29) is 5.57 Å². The molecular weight excluding hydrogens is 298 g/mol. The third-order valence-electron chi connectivity index (χ3n) is 4.14. The fourth-order valence-corrected chi connectivity index (χ4v) is 2.78. The van der Waals surface area contributed by atoms with E-state index in [1.54, 1.807) is 12.1 Å². The van der Waals surface area contributed by atoms with Crippen molar-refractivity contribution in [1.82, 2.24) is 0 Å². The molecule has 3 heteroatoms. The molecule has 2 aliphatic rings. The van der Waals surface area contributed by atoms with E-state index in [9.17, 15) is 4.79 Å². The van der Waals surface area contributed by atoms with Gasteiger partial charge in [-0.15, -0.1) is 0 Å². The summed E-state index contributed by atoms with van der Waals surface area (Å²) in [6.45, 7) is 8.51. The van der Waals surface area contributed by atoms with Gasteiger partial charge in [0.1, 0.15) is 11.6 Å². The van der Waals surface area contributed by atoms with E-state index in [4.69, 9.17) is 10.4 Å². The maximum absolute atomic E-state index is 10.9. The smallest absolute Gasteiger partial charge is 0.346 e. The van der Waals surface area contributed by atoms with E-state index >= 15 is 0 Å². The third kappa shape index (κ3) is 3.55. The lowest BCUT2D eigenvalue weighted by molar-refractivity contribution is -0.132. The van der Waals surface area contributed by atoms with Crippen LogP contribution in [0.2, 0.25) is 0 Å². The maximum Gasteiger partial charge on any atom is 0.346 e. The van der Waals surface area contributed by atoms with Crippen LogP contribution in [-0.2, 0) is 4.79 Å². The van der Waals surface area contributed by atoms with Crippen molar-refractivity contribution in [2.24, 2.45) is 0 Å². The summed E-state index contributed by atoms with van der Waals surface area (Å²) < 4.78 is 0. The predicted molar refractivity (Wildman–Crippen MR) is 97.0 cm³/mol. The van der Waals surface area contributed by atoms with E-state index in [1.165, 1.54) is 28.3 Å². The standard InChI is InChI=1S/C21H21NO2/c1-13(2)16-9-8-14(3)20-17(10-15(4)19(20)11-16)6-5-7-18(12-22)21(23)24/h5-11,13H,1-4H3,(H,23,24)/b6-5+,18-7-. The lowest BCUT2D eigenvalue weighted by Crippen LogP contribution is -1.96. The van der Waals surface area contributed by atoms with Gasteiger partial charge in [-0.1, -0.05) is 50.3 Å². The summed E-state index contributed by atoms with van der Waals surface area (Å²) in [5.74, 6) is -0.764. The number of allylic oxidation sites excluding steroid dienone is 2. The summed E-state index contributed by atoms with van der Waals surface area (Å²) in [4.78, 5) is 10.9. The van der Waals surface area contributed by atoms with Gasteiger partial charge in [0.05, 0.1) is 0 Å². The van der Waals surface area contributed by atoms with Crippen LogP contribution in [0.5, 0.6) is 0 Å². The quantitative estimate of drug-likeness (QED) is 0.485. The molecule has 0 saturated carbocycles. The van der Waals surface area contributed by atoms with Crippen LogP contribution >= 0.6 is 0 Å². The number of aryl methyl sites for hydroxylation is 2. The van der Waals surface area contributed by atoms with E-state index < -0.39 is 5.97 Å². The Bertz CT molecular complexity index is 851. The Morgan fingerprint density at radius 2 is 1.92 bits per heavy atom. The Hall–Kier alpha value is -2.86. The van der Waals surface area contributed by atoms with Crippen molar-refractivity contribution < 1.29 is 9.90 Å². The average molecular weight is 319 g/mol. The number of rotatable bonds is 4. The zero-order chi connectivity index (χ0) is 17.9. The van der Waals surface area contributed by atoms with Crippen molar-refractivity contribution in [1.29, 1.82) is 5.26 Å². The highest BCUT2D eigenvalue weighted by Crippen LogP contribution is 2.36. The summed E-state index contributed by atoms with van der Waals surface area (Å²) in [5.41, 5.74) is 6.78. The summed E-state index contributed by atoms with van der Waals surface area (Å²) in [6, 6.07) is 10.3. The Balaban J connectivity index is 2.53. The van der Waals surface area contributed by atoms with Gasteiger partial charge >= 0.3 is 5.97 Å². The van der Waals surface area contributed by atoms with Crippen LogP contribution in [0, 0.1) is 25.2 Å². The number of carboxylic acid groups (broad SMARTS) is 1. The molecule has 2 aliphatic carbocycles. The Morgan fingerprint density at radius 1 is 1.21 bits per heavy atom. The molecule has 122 valence electrons. The predicted octanol–water partition coefficient (Wildman–Crippen LogP) is 5.08. The number of carbonyl (C=O) groups is 1. The van der Waals surface area contributed by atoms with E-state index in [0.717, 1.165) is 11.1 Å². The Kier molecular flexibility index (Phi) is 5.21. The second kappa shape index (κ2) is 7.14. The van der Waals surface area contributed by atoms with Crippen LogP contribution in [0.25, 0.3) is 17.2 Å². The lowest BCUT2D eigenvalue weighted by Gasteiger charge is -2.04. The molecule has 0 radical (unpaired) electrons. The Morgan fingerprint density at radius 3 is 2.50 bits per heavy atom. The second-order valence-corrected chi connectivity index (χ2v) is 6.24. The van der Waals surface area contributed by atoms with Gasteiger partial charge in [0.15, 0.2) is 0 Å². The number of aliphatic carboxylic acids is 1. The largest absolute Gasteiger partial charge is 0.477 e. The van der Waals surface area contributed by atoms with Crippen LogP contribution in [0.4, 0.5) is 0 Å². The third-order valence-corrected chi connectivity index (χ3v) is 4.14. The normalized spacial score (nSPS) is 12.1. The number of nitriles is 1. The molecule has 0 atom stereocenters. The summed E-state index contributed by atoms with van der Waals surface area (Å²) in [7, 11) is 0. The molecular formula is C21H21NO2. The highest BCUT2D eigenvalue weighted by molar-refractivity contribution is 5.92. The van der Waals surface area contributed by atoms with E-state index in [2.05, 4.69) is 52.0 Å². The monoisotopic (exact) mass is 319 g/mol. The first-order valence-electron chi connectivity index (χ1n) is 7.90. The van der Waals surface area contributed by atoms with Gasteiger partial charge < -0.3 is 5.11 Å². The van der Waals surface area contributed by atoms with Crippen LogP contribution in [-0.4, -0.2) is 11.1 Å². The minimum absolute atomic E-state index is 0.275. The molecule has 1 N–H and O–H groups in total. The zero-order valence-corrected chi connectivity index (χ0v) is 14.4. The molecule has 0 aromatic heterocycles. The van der Waals surface area contributed by atoms with Gasteiger partial charge in [-0.05, 0) is 59.2 Å². The molecule has 0 aliphatic heterocycles. The molecule has 0 aromatic rings. The van der Waals surface area contributed by atoms with Crippen molar-refractivity contribution >= 4 is 12.0 Å². The summed E-state index contributed by atoms with van der Waals surface area (Å²) in [6.07, 6.45) is 4.81. The molecule has 0 unspecified atom stereocenters. The highest BCUT2D eigenvalue weighted by atomic mass is 16.4. The van der Waals surface area contributed by atoms with Gasteiger partial charge in [0.2, 0.25) is 0 Å². The number of fused-ring (bicyclic) bond motifs is 1. The van der Waals surface area contributed by atoms with Gasteiger partial charge in [0, 0.05) is 0 Å². The fraction of sp³-hybridized carbons (Fsp3) is 0.238. The van der Waals surface area contributed by atoms with E-state index in [1.807, 2.05) is 6.08 Å². The van der Waals surface area contributed by atoms with Gasteiger partial charge in [-0.25, -0.2) is 4.79 Å². The highest BCUT2D eigenvalue weighted by Gasteiger charge is 2.14. The molecule has 0 aromatic carbocycles. The number of carboxylic acids is 1. The number of nitrogens with zero attached hydrogens (tertiary/aromatic N) is 1. The second-order valence-electron chi connectivity index (χ2n) is 6.24. The zero-order valence-electron chi connectivity index (χ0n) is 14.4. The van der Waals surface area contributed by atoms with Crippen LogP contribution in [0.15, 0.2) is 42.0 Å². The number of hydrogen-bond acceptors (Lipinski definition) is 2. The molecule has 2 rings (SSSR count). The van der Waals surface area contributed by atoms with Crippen molar-refractivity contribution in [3.8, 4) is 17.2 Å². The minimum Gasteiger partial charge on any atom is -0.477 e. The molecule has 0 bridgehead atoms. The van der Waals surface area contributed by atoms with Gasteiger partial charge in [-0.3, -0.25) is 0 Å². The van der Waals surface area contributed by atoms with Crippen LogP contribution < -0.4 is 0 Å². The molecule has 0 fully saturated rings. The lowest BCUT2D eigenvalue weighted by atomic mass is 10.0. The molecule has 0 heterocycles. The summed E-state index contributed by atoms with van der Waals surface area (Å²) in [5, 5.41) is 17.7. The van der Waals surface area contributed by atoms with Gasteiger partial charge in [0.25, 0.3) is 0 Å². The molecule has 0 saturated heterocycles. The first-order valence-corrected chi connectivity index (χ1v) is 7.90. The Labute approximate surface area is 142 Å². The van der Waals surface area contributed by atoms with E-state index in [0.29, 0.717) is 5.92 Å². The van der Waals surface area contributed by atoms with Crippen molar-refractivity contribution in [2.75, 3.05) is 0 Å². The fourth-order valence-electron chi connectivity index (χ4n) is 2.78. The van der Waals surface area contributed by atoms with Crippen molar-refractivity contribution in [3.63, 3.8) is 0 Å². The molecule has 3 nitrogen and oxygen atoms in total. The molecule has 0 amide bonds. The minimum atomic E-state index is -1.21. The van der Waals surface area contributed by atoms with Crippen LogP contribution in [0.3, 0.4) is 0 Å². The topological polar surface area (TPSA) is 61.1 Å². The van der Waals surface area contributed by atoms with Crippen LogP contribution in [0.1, 0.15) is 42.0 Å². The average Bonchev–Trinajstić information content (AvgIpc) is 2.70. The van der Waals surface area contributed by atoms with Crippen molar-refractivity contribution in [2.45, 2.75) is 33.6 Å². The first-order chi connectivity index (χ1) is 11.3. The SMILES string of the molecule is Cc1cc(/C=C/C=C(/C#N)C(=O)O)c2c(C)ccc(C(C)C)cc1-2. The first kappa shape index (κ1) is 17.5. The van der Waals surface area contributed by atoms with Gasteiger partial charge in [-0.2, -0.15) is 5.26 Å². The number of hydrogen-bond donors (Lipinski definition) is 1. The van der Waals surface area contributed by atoms with Crippen molar-refractivity contribution in [3.05, 3.63) is 64.2 Å². The maximum atomic E-state index is 10.9.